The van der Waals surface area contributed by atoms with Crippen molar-refractivity contribution in [1.82, 2.24) is 0 Å². The first kappa shape index (κ1) is 8.74. The number of carbonyl (C=O) groups excluding carboxylic acids is 1. The molecule has 0 atom stereocenters. The van der Waals surface area contributed by atoms with Crippen LogP contribution in [0.25, 0.3) is 0 Å². The normalized spacial score (nSPS) is 8.00. The van der Waals surface area contributed by atoms with Gasteiger partial charge in [-0.25, -0.2) is 0 Å². The average Bonchev–Trinajstić information content (AvgIpc) is 1.82. The second-order valence-electron chi connectivity index (χ2n) is 1.54. The van der Waals surface area contributed by atoms with Crippen molar-refractivity contribution in [2.45, 2.75) is 0 Å². The summed E-state index contributed by atoms with van der Waals surface area (Å²) in [4.78, 5) is 20.2. The van der Waals surface area contributed by atoms with Crippen LogP contribution in [0.5, 0.6) is 0 Å². The highest BCUT2D eigenvalue weighted by molar-refractivity contribution is 6.94. The summed E-state index contributed by atoms with van der Waals surface area (Å²) in [7, 11) is -0.589. The number of ether oxygens (including phenoxy) is 1. The molecule has 0 spiro atoms. The lowest BCUT2D eigenvalue weighted by Gasteiger charge is -1.95. The van der Waals surface area contributed by atoms with Gasteiger partial charge in [0.15, 0.2) is 0 Å². The number of hydrogen-bond donors (Lipinski definition) is 1. The highest BCUT2D eigenvalue weighted by atomic mass is 16.5. The number of carboxylic acid groups (broad SMARTS) is 1. The van der Waals surface area contributed by atoms with Crippen molar-refractivity contribution in [1.29, 1.82) is 0 Å². The van der Waals surface area contributed by atoms with Gasteiger partial charge in [-0.15, -0.1) is 0 Å². The third kappa shape index (κ3) is 4.89. The minimum atomic E-state index is -1.19. The van der Waals surface area contributed by atoms with Crippen molar-refractivity contribution in [2.75, 3.05) is 6.61 Å². The molecule has 0 aliphatic rings. The highest BCUT2D eigenvalue weighted by Crippen LogP contribution is 1.80. The van der Waals surface area contributed by atoms with Gasteiger partial charge in [-0.2, -0.15) is 0 Å². The van der Waals surface area contributed by atoms with E-state index in [9.17, 15) is 9.59 Å². The highest BCUT2D eigenvalue weighted by Gasteiger charge is 2.11. The zero-order valence-corrected chi connectivity index (χ0v) is 5.37. The molecule has 0 aromatic carbocycles. The first-order valence-corrected chi connectivity index (χ1v) is 2.65. The van der Waals surface area contributed by atoms with Crippen molar-refractivity contribution in [3.8, 4) is 0 Å². The van der Waals surface area contributed by atoms with Crippen molar-refractivity contribution in [2.24, 2.45) is 0 Å². The fourth-order valence-electron chi connectivity index (χ4n) is 0.326. The third-order valence-corrected chi connectivity index (χ3v) is 0.658. The molecule has 0 aromatic rings. The van der Waals surface area contributed by atoms with Crippen LogP contribution in [0.1, 0.15) is 0 Å². The molecule has 0 fully saturated rings. The molecule has 0 amide bonds. The summed E-state index contributed by atoms with van der Waals surface area (Å²) in [6.45, 7) is 3.35. The molecule has 0 bridgehead atoms. The predicted molar refractivity (Wildman–Crippen MR) is 36.7 cm³/mol. The monoisotopic (exact) mass is 142 g/mol. The Kier molecular flexibility index (Phi) is 4.03. The van der Waals surface area contributed by atoms with Crippen LogP contribution in [-0.2, 0) is 4.74 Å². The molecule has 54 valence electrons. The predicted octanol–water partition coefficient (Wildman–Crippen LogP) is 0.423. The summed E-state index contributed by atoms with van der Waals surface area (Å²) in [6, 6.07) is 0. The third-order valence-electron chi connectivity index (χ3n) is 0.658. The summed E-state index contributed by atoms with van der Waals surface area (Å²) >= 11 is 0. The van der Waals surface area contributed by atoms with E-state index in [1.807, 2.05) is 0 Å². The van der Waals surface area contributed by atoms with Crippen molar-refractivity contribution in [3.05, 3.63) is 12.7 Å². The van der Waals surface area contributed by atoms with E-state index in [4.69, 9.17) is 5.11 Å². The molecule has 0 saturated heterocycles. The van der Waals surface area contributed by atoms with Gasteiger partial charge < -0.3 is 9.84 Å². The summed E-state index contributed by atoms with van der Waals surface area (Å²) < 4.78 is 4.36. The van der Waals surface area contributed by atoms with Crippen molar-refractivity contribution < 1.29 is 19.4 Å². The van der Waals surface area contributed by atoms with E-state index in [-0.39, 0.29) is 6.61 Å². The molecule has 10 heavy (non-hydrogen) atoms. The minimum Gasteiger partial charge on any atom is -0.489 e. The minimum absolute atomic E-state index is 0.0616. The molecule has 0 aromatic heterocycles. The van der Waals surface area contributed by atoms with Crippen LogP contribution >= 0.6 is 0 Å². The van der Waals surface area contributed by atoms with E-state index in [0.717, 1.165) is 0 Å². The van der Waals surface area contributed by atoms with Gasteiger partial charge in [-0.3, -0.25) is 9.59 Å². The molecule has 0 aliphatic heterocycles. The molecule has 0 saturated carbocycles. The molecule has 0 heterocycles. The summed E-state index contributed by atoms with van der Waals surface area (Å²) in [5.74, 6) is -1.93. The van der Waals surface area contributed by atoms with Crippen LogP contribution in [0.3, 0.4) is 0 Å². The zero-order valence-electron chi connectivity index (χ0n) is 5.37. The van der Waals surface area contributed by atoms with E-state index in [0.29, 0.717) is 0 Å². The standard InChI is InChI=1S/C5H7BO4/c1-2-3-10-5(9)6-4(7)8/h2,6H,1,3H2,(H,7,8). The van der Waals surface area contributed by atoms with Gasteiger partial charge in [0.1, 0.15) is 6.61 Å². The Morgan fingerprint density at radius 1 is 1.70 bits per heavy atom. The first-order chi connectivity index (χ1) is 4.66. The fraction of sp³-hybridized carbons (Fsp3) is 0.200. The lowest BCUT2D eigenvalue weighted by molar-refractivity contribution is 0.184. The quantitative estimate of drug-likeness (QED) is 0.456. The van der Waals surface area contributed by atoms with Crippen LogP contribution in [0.2, 0.25) is 0 Å². The van der Waals surface area contributed by atoms with Gasteiger partial charge in [0.25, 0.3) is 11.7 Å². The van der Waals surface area contributed by atoms with Gasteiger partial charge in [0.05, 0.1) is 0 Å². The number of rotatable bonds is 4. The molecule has 0 unspecified atom stereocenters. The van der Waals surface area contributed by atoms with Crippen LogP contribution in [-0.4, -0.2) is 30.7 Å². The first-order valence-electron chi connectivity index (χ1n) is 2.65. The Bertz CT molecular complexity index is 154. The van der Waals surface area contributed by atoms with Gasteiger partial charge in [0, 0.05) is 0 Å². The molecular weight excluding hydrogens is 135 g/mol. The van der Waals surface area contributed by atoms with E-state index in [1.54, 1.807) is 0 Å². The van der Waals surface area contributed by atoms with Crippen LogP contribution < -0.4 is 0 Å². The Morgan fingerprint density at radius 3 is 2.70 bits per heavy atom. The topological polar surface area (TPSA) is 63.6 Å². The second kappa shape index (κ2) is 4.61. The van der Waals surface area contributed by atoms with Crippen LogP contribution in [0.4, 0.5) is 9.59 Å². The summed E-state index contributed by atoms with van der Waals surface area (Å²) in [6.07, 6.45) is 1.37. The largest absolute Gasteiger partial charge is 0.489 e. The molecule has 0 rings (SSSR count). The Labute approximate surface area is 58.7 Å². The molecule has 5 heteroatoms. The SMILES string of the molecule is C=CCOC(=O)BC(=O)O. The van der Waals surface area contributed by atoms with Crippen molar-refractivity contribution >= 4 is 19.0 Å². The van der Waals surface area contributed by atoms with E-state index in [2.05, 4.69) is 11.3 Å². The maximum atomic E-state index is 10.4. The molecule has 0 radical (unpaired) electrons. The smallest absolute Gasteiger partial charge is 0.392 e. The zero-order chi connectivity index (χ0) is 7.98. The summed E-state index contributed by atoms with van der Waals surface area (Å²) in [5, 5.41) is 8.06. The molecule has 0 aliphatic carbocycles. The molecule has 4 nitrogen and oxygen atoms in total. The Morgan fingerprint density at radius 2 is 2.30 bits per heavy atom. The summed E-state index contributed by atoms with van der Waals surface area (Å²) in [5.41, 5.74) is 0. The van der Waals surface area contributed by atoms with E-state index < -0.39 is 19.0 Å². The lowest BCUT2D eigenvalue weighted by atomic mass is 9.80. The second-order valence-corrected chi connectivity index (χ2v) is 1.54. The van der Waals surface area contributed by atoms with Crippen molar-refractivity contribution in [3.63, 3.8) is 0 Å². The molecular formula is C5H7BO4. The average molecular weight is 142 g/mol. The van der Waals surface area contributed by atoms with Gasteiger partial charge in [-0.05, 0) is 0 Å². The molecule has 1 N–H and O–H groups in total. The maximum absolute atomic E-state index is 10.4. The maximum Gasteiger partial charge on any atom is 0.392 e. The Hall–Kier alpha value is -1.26. The van der Waals surface area contributed by atoms with Crippen LogP contribution in [0.15, 0.2) is 12.7 Å². The van der Waals surface area contributed by atoms with Gasteiger partial charge in [-0.1, -0.05) is 12.7 Å². The van der Waals surface area contributed by atoms with E-state index in [1.165, 1.54) is 6.08 Å². The van der Waals surface area contributed by atoms with E-state index >= 15 is 0 Å². The van der Waals surface area contributed by atoms with Gasteiger partial charge >= 0.3 is 7.28 Å². The lowest BCUT2D eigenvalue weighted by Crippen LogP contribution is -2.18. The number of hydrogen-bond acceptors (Lipinski definition) is 3. The number of carbonyl (C=O) groups is 2. The fourth-order valence-corrected chi connectivity index (χ4v) is 0.326. The van der Waals surface area contributed by atoms with Gasteiger partial charge in [0.2, 0.25) is 0 Å². The van der Waals surface area contributed by atoms with Crippen LogP contribution in [0, 0.1) is 0 Å². The Balaban J connectivity index is 3.43.